The second-order valence-electron chi connectivity index (χ2n) is 4.93. The van der Waals surface area contributed by atoms with Gasteiger partial charge in [0, 0.05) is 32.1 Å². The third kappa shape index (κ3) is 3.77. The van der Waals surface area contributed by atoms with Crippen molar-refractivity contribution >= 4 is 23.8 Å². The highest BCUT2D eigenvalue weighted by Gasteiger charge is 2.21. The van der Waals surface area contributed by atoms with Crippen LogP contribution in [0.3, 0.4) is 0 Å². The van der Waals surface area contributed by atoms with Crippen LogP contribution in [0, 0.1) is 0 Å². The zero-order chi connectivity index (χ0) is 15.4. The van der Waals surface area contributed by atoms with Gasteiger partial charge in [0.1, 0.15) is 5.82 Å². The minimum absolute atomic E-state index is 0.0661. The lowest BCUT2D eigenvalue weighted by Crippen LogP contribution is -2.41. The van der Waals surface area contributed by atoms with E-state index in [1.54, 1.807) is 11.8 Å². The topological polar surface area (TPSA) is 95.4 Å². The Morgan fingerprint density at radius 1 is 1.43 bits per heavy atom. The monoisotopic (exact) mass is 290 g/mol. The van der Waals surface area contributed by atoms with E-state index in [0.29, 0.717) is 18.9 Å². The number of hydrogen-bond acceptors (Lipinski definition) is 5. The van der Waals surface area contributed by atoms with E-state index in [0.717, 1.165) is 12.8 Å². The fraction of sp³-hybridized carbons (Fsp3) is 0.429. The number of piperidine rings is 1. The zero-order valence-corrected chi connectivity index (χ0v) is 11.9. The van der Waals surface area contributed by atoms with Crippen molar-refractivity contribution in [3.8, 4) is 0 Å². The first-order valence-corrected chi connectivity index (χ1v) is 6.76. The molecule has 21 heavy (non-hydrogen) atoms. The van der Waals surface area contributed by atoms with Crippen molar-refractivity contribution in [2.75, 3.05) is 18.4 Å². The van der Waals surface area contributed by atoms with Crippen LogP contribution in [0.15, 0.2) is 12.6 Å². The number of amides is 1. The first-order valence-electron chi connectivity index (χ1n) is 6.76. The maximum Gasteiger partial charge on any atom is 0.354 e. The minimum Gasteiger partial charge on any atom is -0.477 e. The summed E-state index contributed by atoms with van der Waals surface area (Å²) in [5, 5.41) is 12.2. The molecule has 1 aromatic heterocycles. The van der Waals surface area contributed by atoms with Crippen molar-refractivity contribution in [3.05, 3.63) is 24.2 Å². The summed E-state index contributed by atoms with van der Waals surface area (Å²) in [5.41, 5.74) is -0.0661. The molecule has 1 amide bonds. The summed E-state index contributed by atoms with van der Waals surface area (Å²) in [6.07, 6.45) is 3.01. The second kappa shape index (κ2) is 6.34. The smallest absolute Gasteiger partial charge is 0.354 e. The highest BCUT2D eigenvalue weighted by Crippen LogP contribution is 2.16. The number of aromatic carboxylic acids is 1. The highest BCUT2D eigenvalue weighted by molar-refractivity contribution is 5.86. The van der Waals surface area contributed by atoms with Gasteiger partial charge in [-0.3, -0.25) is 4.79 Å². The Morgan fingerprint density at radius 2 is 2.10 bits per heavy atom. The molecule has 0 unspecified atom stereocenters. The fourth-order valence-corrected chi connectivity index (χ4v) is 2.29. The molecule has 2 heterocycles. The molecule has 1 aromatic rings. The lowest BCUT2D eigenvalue weighted by atomic mass is 10.1. The van der Waals surface area contributed by atoms with Gasteiger partial charge < -0.3 is 15.3 Å². The van der Waals surface area contributed by atoms with Crippen LogP contribution < -0.4 is 5.32 Å². The van der Waals surface area contributed by atoms with Crippen LogP contribution in [0.25, 0.3) is 6.08 Å². The predicted octanol–water partition coefficient (Wildman–Crippen LogP) is 1.24. The van der Waals surface area contributed by atoms with Crippen LogP contribution in [0.2, 0.25) is 0 Å². The number of carboxylic acid groups (broad SMARTS) is 1. The summed E-state index contributed by atoms with van der Waals surface area (Å²) in [6, 6.07) is 1.57. The molecule has 0 atom stereocenters. The van der Waals surface area contributed by atoms with E-state index in [-0.39, 0.29) is 23.5 Å². The Hall–Kier alpha value is -2.44. The molecule has 7 nitrogen and oxygen atoms in total. The molecule has 1 aliphatic rings. The van der Waals surface area contributed by atoms with Gasteiger partial charge in [-0.25, -0.2) is 14.8 Å². The van der Waals surface area contributed by atoms with Crippen molar-refractivity contribution in [3.63, 3.8) is 0 Å². The molecule has 1 saturated heterocycles. The van der Waals surface area contributed by atoms with Crippen LogP contribution in [-0.2, 0) is 4.79 Å². The number of carbonyl (C=O) groups is 2. The molecule has 0 radical (unpaired) electrons. The molecular formula is C14H18N4O3. The highest BCUT2D eigenvalue weighted by atomic mass is 16.4. The average molecular weight is 290 g/mol. The van der Waals surface area contributed by atoms with Crippen molar-refractivity contribution in [2.24, 2.45) is 0 Å². The molecular weight excluding hydrogens is 272 g/mol. The van der Waals surface area contributed by atoms with Crippen LogP contribution in [0.1, 0.15) is 36.1 Å². The molecule has 2 N–H and O–H groups in total. The summed E-state index contributed by atoms with van der Waals surface area (Å²) in [6.45, 7) is 6.51. The summed E-state index contributed by atoms with van der Waals surface area (Å²) in [7, 11) is 0. The summed E-state index contributed by atoms with van der Waals surface area (Å²) < 4.78 is 0. The Kier molecular flexibility index (Phi) is 4.52. The molecule has 0 spiro atoms. The Morgan fingerprint density at radius 3 is 2.62 bits per heavy atom. The van der Waals surface area contributed by atoms with E-state index in [4.69, 9.17) is 5.11 Å². The zero-order valence-electron chi connectivity index (χ0n) is 11.9. The van der Waals surface area contributed by atoms with E-state index in [9.17, 15) is 9.59 Å². The van der Waals surface area contributed by atoms with Gasteiger partial charge in [0.05, 0.1) is 0 Å². The maximum atomic E-state index is 11.3. The number of aromatic nitrogens is 2. The summed E-state index contributed by atoms with van der Waals surface area (Å²) >= 11 is 0. The fourth-order valence-electron chi connectivity index (χ4n) is 2.29. The predicted molar refractivity (Wildman–Crippen MR) is 78.0 cm³/mol. The van der Waals surface area contributed by atoms with Crippen molar-refractivity contribution in [2.45, 2.75) is 25.8 Å². The molecule has 7 heteroatoms. The number of nitrogens with zero attached hydrogens (tertiary/aromatic N) is 3. The number of carbonyl (C=O) groups excluding carboxylic acids is 1. The van der Waals surface area contributed by atoms with E-state index in [1.807, 2.05) is 0 Å². The first kappa shape index (κ1) is 15.0. The number of hydrogen-bond donors (Lipinski definition) is 2. The largest absolute Gasteiger partial charge is 0.477 e. The first-order chi connectivity index (χ1) is 9.99. The molecule has 0 saturated carbocycles. The quantitative estimate of drug-likeness (QED) is 0.866. The van der Waals surface area contributed by atoms with Gasteiger partial charge >= 0.3 is 5.97 Å². The molecule has 1 fully saturated rings. The Bertz CT molecular complexity index is 565. The van der Waals surface area contributed by atoms with Gasteiger partial charge in [-0.1, -0.05) is 6.58 Å². The lowest BCUT2D eigenvalue weighted by Gasteiger charge is -2.32. The maximum absolute atomic E-state index is 11.3. The molecule has 1 aliphatic heterocycles. The van der Waals surface area contributed by atoms with Gasteiger partial charge in [-0.15, -0.1) is 0 Å². The van der Waals surface area contributed by atoms with E-state index >= 15 is 0 Å². The van der Waals surface area contributed by atoms with Crippen LogP contribution in [0.5, 0.6) is 0 Å². The number of carboxylic acids is 1. The summed E-state index contributed by atoms with van der Waals surface area (Å²) in [4.78, 5) is 32.2. The molecule has 2 rings (SSSR count). The van der Waals surface area contributed by atoms with Crippen LogP contribution >= 0.6 is 0 Å². The third-order valence-corrected chi connectivity index (χ3v) is 3.44. The molecule has 112 valence electrons. The van der Waals surface area contributed by atoms with Crippen molar-refractivity contribution < 1.29 is 14.7 Å². The van der Waals surface area contributed by atoms with Crippen LogP contribution in [0.4, 0.5) is 5.82 Å². The van der Waals surface area contributed by atoms with Crippen molar-refractivity contribution in [1.82, 2.24) is 14.9 Å². The lowest BCUT2D eigenvalue weighted by molar-refractivity contribution is -0.129. The van der Waals surface area contributed by atoms with Crippen molar-refractivity contribution in [1.29, 1.82) is 0 Å². The van der Waals surface area contributed by atoms with Gasteiger partial charge in [-0.05, 0) is 18.9 Å². The Labute approximate surface area is 122 Å². The Balaban J connectivity index is 2.06. The second-order valence-corrected chi connectivity index (χ2v) is 4.93. The number of likely N-dealkylation sites (tertiary alicyclic amines) is 1. The normalized spacial score (nSPS) is 15.6. The van der Waals surface area contributed by atoms with Gasteiger partial charge in [0.25, 0.3) is 0 Å². The molecule has 0 bridgehead atoms. The molecule has 0 aliphatic carbocycles. The third-order valence-electron chi connectivity index (χ3n) is 3.44. The number of rotatable bonds is 4. The number of nitrogens with one attached hydrogen (secondary N) is 1. The van der Waals surface area contributed by atoms with Gasteiger partial charge in [-0.2, -0.15) is 0 Å². The SMILES string of the molecule is C=Cc1nc(NC2CCN(C(C)=O)CC2)cc(C(=O)O)n1. The van der Waals surface area contributed by atoms with Gasteiger partial charge in [0.2, 0.25) is 5.91 Å². The summed E-state index contributed by atoms with van der Waals surface area (Å²) in [5.74, 6) is -0.273. The van der Waals surface area contributed by atoms with Crippen LogP contribution in [-0.4, -0.2) is 51.0 Å². The van der Waals surface area contributed by atoms with E-state index in [2.05, 4.69) is 21.9 Å². The van der Waals surface area contributed by atoms with E-state index in [1.165, 1.54) is 12.1 Å². The van der Waals surface area contributed by atoms with Gasteiger partial charge in [0.15, 0.2) is 11.5 Å². The standard InChI is InChI=1S/C14H18N4O3/c1-3-12-16-11(14(20)21)8-13(17-12)15-10-4-6-18(7-5-10)9(2)19/h3,8,10H,1,4-7H2,2H3,(H,20,21)(H,15,16,17). The number of anilines is 1. The average Bonchev–Trinajstić information content (AvgIpc) is 2.47. The van der Waals surface area contributed by atoms with E-state index < -0.39 is 5.97 Å². The molecule has 0 aromatic carbocycles. The minimum atomic E-state index is -1.10.